The topological polar surface area (TPSA) is 100 Å². The fourth-order valence-electron chi connectivity index (χ4n) is 3.52. The Morgan fingerprint density at radius 3 is 2.96 bits per heavy atom. The Morgan fingerprint density at radius 2 is 2.21 bits per heavy atom. The van der Waals surface area contributed by atoms with Crippen LogP contribution < -0.4 is 5.32 Å². The Labute approximate surface area is 165 Å². The lowest BCUT2D eigenvalue weighted by Crippen LogP contribution is -2.42. The van der Waals surface area contributed by atoms with Crippen molar-refractivity contribution in [1.82, 2.24) is 25.4 Å². The van der Waals surface area contributed by atoms with Crippen LogP contribution >= 0.6 is 0 Å². The van der Waals surface area contributed by atoms with Crippen molar-refractivity contribution in [3.05, 3.63) is 23.5 Å². The van der Waals surface area contributed by atoms with Gasteiger partial charge < -0.3 is 15.0 Å². The molecule has 1 aliphatic rings. The maximum absolute atomic E-state index is 12.7. The molecule has 8 nitrogen and oxygen atoms in total. The van der Waals surface area contributed by atoms with E-state index in [2.05, 4.69) is 34.3 Å². The van der Waals surface area contributed by atoms with Crippen molar-refractivity contribution in [2.45, 2.75) is 39.7 Å². The number of H-pyrrole nitrogens is 1. The number of hydrogen-bond acceptors (Lipinski definition) is 5. The Bertz CT molecular complexity index is 847. The van der Waals surface area contributed by atoms with E-state index in [1.54, 1.807) is 18.0 Å². The molecule has 2 amide bonds. The highest BCUT2D eigenvalue weighted by molar-refractivity contribution is 5.97. The predicted octanol–water partition coefficient (Wildman–Crippen LogP) is 1.91. The number of likely N-dealkylation sites (N-methyl/N-ethyl adjacent to an activating group) is 1. The van der Waals surface area contributed by atoms with Crippen LogP contribution in [0.15, 0.2) is 12.3 Å². The van der Waals surface area contributed by atoms with Crippen LogP contribution in [0.4, 0.5) is 0 Å². The smallest absolute Gasteiger partial charge is 0.252 e. The SMILES string of the molecule is Cc1[nH]nc2ncc(C(=O)NCCN(C)C(=O)C3CCOC(C(C)C)C3)cc12. The van der Waals surface area contributed by atoms with Crippen molar-refractivity contribution >= 4 is 22.8 Å². The molecular weight excluding hydrogens is 358 g/mol. The Hall–Kier alpha value is -2.48. The van der Waals surface area contributed by atoms with Gasteiger partial charge >= 0.3 is 0 Å². The lowest BCUT2D eigenvalue weighted by molar-refractivity contribution is -0.140. The number of rotatable bonds is 6. The second kappa shape index (κ2) is 8.68. The van der Waals surface area contributed by atoms with E-state index in [-0.39, 0.29) is 23.8 Å². The summed E-state index contributed by atoms with van der Waals surface area (Å²) in [6.07, 6.45) is 3.18. The molecule has 1 aliphatic heterocycles. The quantitative estimate of drug-likeness (QED) is 0.789. The zero-order valence-corrected chi connectivity index (χ0v) is 17.0. The zero-order chi connectivity index (χ0) is 20.3. The molecule has 2 unspecified atom stereocenters. The summed E-state index contributed by atoms with van der Waals surface area (Å²) in [5, 5.41) is 10.6. The first-order valence-electron chi connectivity index (χ1n) is 9.82. The molecule has 0 saturated carbocycles. The molecule has 2 atom stereocenters. The minimum atomic E-state index is -0.207. The standard InChI is InChI=1S/C20H29N5O3/c1-12(2)17-10-14(5-8-28-17)20(27)25(4)7-6-21-19(26)15-9-16-13(3)23-24-18(16)22-11-15/h9,11-12,14,17H,5-8,10H2,1-4H3,(H,21,26)(H,22,23,24). The summed E-state index contributed by atoms with van der Waals surface area (Å²) in [5.74, 6) is 0.324. The van der Waals surface area contributed by atoms with Gasteiger partial charge in [-0.25, -0.2) is 4.98 Å². The number of hydrogen-bond donors (Lipinski definition) is 2. The molecule has 1 saturated heterocycles. The molecule has 152 valence electrons. The van der Waals surface area contributed by atoms with Crippen molar-refractivity contribution in [1.29, 1.82) is 0 Å². The molecule has 2 aromatic heterocycles. The van der Waals surface area contributed by atoms with E-state index >= 15 is 0 Å². The predicted molar refractivity (Wildman–Crippen MR) is 106 cm³/mol. The molecule has 1 fully saturated rings. The fraction of sp³-hybridized carbons (Fsp3) is 0.600. The van der Waals surface area contributed by atoms with E-state index in [9.17, 15) is 9.59 Å². The van der Waals surface area contributed by atoms with Gasteiger partial charge in [0.25, 0.3) is 5.91 Å². The van der Waals surface area contributed by atoms with Gasteiger partial charge in [-0.3, -0.25) is 14.7 Å². The first-order chi connectivity index (χ1) is 13.4. The summed E-state index contributed by atoms with van der Waals surface area (Å²) in [5.41, 5.74) is 1.95. The minimum absolute atomic E-state index is 0.00229. The van der Waals surface area contributed by atoms with E-state index in [1.807, 2.05) is 6.92 Å². The first-order valence-corrected chi connectivity index (χ1v) is 9.82. The van der Waals surface area contributed by atoms with Crippen molar-refractivity contribution in [2.75, 3.05) is 26.7 Å². The van der Waals surface area contributed by atoms with Crippen molar-refractivity contribution < 1.29 is 14.3 Å². The Kier molecular flexibility index (Phi) is 6.28. The molecule has 2 N–H and O–H groups in total. The third-order valence-corrected chi connectivity index (χ3v) is 5.38. The molecule has 0 spiro atoms. The van der Waals surface area contributed by atoms with E-state index in [0.717, 1.165) is 23.9 Å². The van der Waals surface area contributed by atoms with Gasteiger partial charge in [-0.05, 0) is 31.7 Å². The Balaban J connectivity index is 1.50. The average Bonchev–Trinajstić information content (AvgIpc) is 3.07. The Morgan fingerprint density at radius 1 is 1.43 bits per heavy atom. The summed E-state index contributed by atoms with van der Waals surface area (Å²) in [7, 11) is 1.79. The lowest BCUT2D eigenvalue weighted by Gasteiger charge is -2.33. The highest BCUT2D eigenvalue weighted by Gasteiger charge is 2.31. The molecule has 2 aromatic rings. The number of aryl methyl sites for hydroxylation is 1. The first kappa shape index (κ1) is 20.3. The van der Waals surface area contributed by atoms with Gasteiger partial charge in [0.05, 0.1) is 11.7 Å². The van der Waals surface area contributed by atoms with Gasteiger partial charge in [0, 0.05) is 49.9 Å². The number of pyridine rings is 1. The van der Waals surface area contributed by atoms with Crippen LogP contribution in [0.25, 0.3) is 11.0 Å². The van der Waals surface area contributed by atoms with Gasteiger partial charge in [0.15, 0.2) is 5.65 Å². The summed E-state index contributed by atoms with van der Waals surface area (Å²) in [4.78, 5) is 31.0. The number of carbonyl (C=O) groups is 2. The normalized spacial score (nSPS) is 19.8. The van der Waals surface area contributed by atoms with Crippen LogP contribution in [0.1, 0.15) is 42.7 Å². The second-order valence-electron chi connectivity index (χ2n) is 7.83. The average molecular weight is 387 g/mol. The summed E-state index contributed by atoms with van der Waals surface area (Å²) in [6.45, 7) is 7.61. The molecule has 8 heteroatoms. The minimum Gasteiger partial charge on any atom is -0.378 e. The number of aromatic nitrogens is 3. The maximum Gasteiger partial charge on any atom is 0.252 e. The highest BCUT2D eigenvalue weighted by atomic mass is 16.5. The number of nitrogens with one attached hydrogen (secondary N) is 2. The third kappa shape index (κ3) is 4.49. The monoisotopic (exact) mass is 387 g/mol. The summed E-state index contributed by atoms with van der Waals surface area (Å²) in [6, 6.07) is 1.78. The van der Waals surface area contributed by atoms with Crippen molar-refractivity contribution in [3.63, 3.8) is 0 Å². The molecular formula is C20H29N5O3. The second-order valence-corrected chi connectivity index (χ2v) is 7.83. The van der Waals surface area contributed by atoms with Gasteiger partial charge in [-0.15, -0.1) is 0 Å². The van der Waals surface area contributed by atoms with E-state index in [1.165, 1.54) is 6.20 Å². The van der Waals surface area contributed by atoms with Gasteiger partial charge in [0.1, 0.15) is 0 Å². The van der Waals surface area contributed by atoms with Crippen LogP contribution in [0.3, 0.4) is 0 Å². The van der Waals surface area contributed by atoms with Crippen molar-refractivity contribution in [3.8, 4) is 0 Å². The largest absolute Gasteiger partial charge is 0.378 e. The molecule has 0 aromatic carbocycles. The van der Waals surface area contributed by atoms with Gasteiger partial charge in [0.2, 0.25) is 5.91 Å². The van der Waals surface area contributed by atoms with Crippen LogP contribution in [0.5, 0.6) is 0 Å². The lowest BCUT2D eigenvalue weighted by atomic mass is 9.89. The van der Waals surface area contributed by atoms with Crippen LogP contribution in [0, 0.1) is 18.8 Å². The zero-order valence-electron chi connectivity index (χ0n) is 17.0. The summed E-state index contributed by atoms with van der Waals surface area (Å²) >= 11 is 0. The summed E-state index contributed by atoms with van der Waals surface area (Å²) < 4.78 is 5.75. The third-order valence-electron chi connectivity index (χ3n) is 5.38. The van der Waals surface area contributed by atoms with Crippen LogP contribution in [0.2, 0.25) is 0 Å². The fourth-order valence-corrected chi connectivity index (χ4v) is 3.52. The van der Waals surface area contributed by atoms with Gasteiger partial charge in [-0.1, -0.05) is 13.8 Å². The van der Waals surface area contributed by atoms with E-state index in [0.29, 0.717) is 36.8 Å². The van der Waals surface area contributed by atoms with Gasteiger partial charge in [-0.2, -0.15) is 5.10 Å². The number of aromatic amines is 1. The number of carbonyl (C=O) groups excluding carboxylic acids is 2. The molecule has 28 heavy (non-hydrogen) atoms. The highest BCUT2D eigenvalue weighted by Crippen LogP contribution is 2.26. The molecule has 0 bridgehead atoms. The number of nitrogens with zero attached hydrogens (tertiary/aromatic N) is 3. The number of ether oxygens (including phenoxy) is 1. The molecule has 0 aliphatic carbocycles. The number of fused-ring (bicyclic) bond motifs is 1. The maximum atomic E-state index is 12.7. The van der Waals surface area contributed by atoms with Crippen molar-refractivity contribution in [2.24, 2.45) is 11.8 Å². The van der Waals surface area contributed by atoms with E-state index in [4.69, 9.17) is 4.74 Å². The van der Waals surface area contributed by atoms with Crippen LogP contribution in [-0.2, 0) is 9.53 Å². The van der Waals surface area contributed by atoms with Crippen LogP contribution in [-0.4, -0.2) is 64.7 Å². The molecule has 3 heterocycles. The molecule has 0 radical (unpaired) electrons. The van der Waals surface area contributed by atoms with E-state index < -0.39 is 0 Å². The number of amides is 2. The molecule has 3 rings (SSSR count).